The second-order valence-electron chi connectivity index (χ2n) is 6.19. The highest BCUT2D eigenvalue weighted by atomic mass is 16.4. The van der Waals surface area contributed by atoms with Crippen LogP contribution in [0.4, 0.5) is 0 Å². The SMILES string of the molecule is CC(=O)O.Cc1cn2c(n1)C(O)N=C(c1ccccc1)c1cc(C#N)ccc1-2. The number of hydrogen-bond donors (Lipinski definition) is 2. The van der Waals surface area contributed by atoms with Gasteiger partial charge in [-0.2, -0.15) is 5.26 Å². The van der Waals surface area contributed by atoms with Gasteiger partial charge in [0.15, 0.2) is 5.82 Å². The number of aliphatic imine (C=N–C) groups is 1. The molecule has 0 saturated carbocycles. The van der Waals surface area contributed by atoms with Crippen molar-refractivity contribution in [3.63, 3.8) is 0 Å². The zero-order valence-electron chi connectivity index (χ0n) is 15.4. The van der Waals surface area contributed by atoms with E-state index in [4.69, 9.17) is 9.90 Å². The number of carboxylic acid groups (broad SMARTS) is 1. The third kappa shape index (κ3) is 3.82. The maximum Gasteiger partial charge on any atom is 0.300 e. The number of fused-ring (bicyclic) bond motifs is 3. The molecular formula is C21H18N4O3. The molecule has 28 heavy (non-hydrogen) atoms. The first-order valence-electron chi connectivity index (χ1n) is 8.52. The number of aryl methyl sites for hydroxylation is 1. The van der Waals surface area contributed by atoms with Gasteiger partial charge in [0, 0.05) is 24.2 Å². The summed E-state index contributed by atoms with van der Waals surface area (Å²) in [6, 6.07) is 17.3. The smallest absolute Gasteiger partial charge is 0.300 e. The molecule has 7 heteroatoms. The Kier molecular flexibility index (Phi) is 5.34. The summed E-state index contributed by atoms with van der Waals surface area (Å²) < 4.78 is 1.84. The highest BCUT2D eigenvalue weighted by Gasteiger charge is 2.25. The van der Waals surface area contributed by atoms with Gasteiger partial charge in [0.2, 0.25) is 6.23 Å². The van der Waals surface area contributed by atoms with Gasteiger partial charge in [-0.15, -0.1) is 0 Å². The molecule has 1 aromatic heterocycles. The van der Waals surface area contributed by atoms with Crippen LogP contribution in [0.2, 0.25) is 0 Å². The van der Waals surface area contributed by atoms with Crippen LogP contribution in [0.25, 0.3) is 5.69 Å². The van der Waals surface area contributed by atoms with E-state index in [1.165, 1.54) is 0 Å². The lowest BCUT2D eigenvalue weighted by atomic mass is 9.98. The van der Waals surface area contributed by atoms with Crippen LogP contribution < -0.4 is 0 Å². The lowest BCUT2D eigenvalue weighted by Gasteiger charge is -2.11. The summed E-state index contributed by atoms with van der Waals surface area (Å²) in [6.45, 7) is 2.96. The van der Waals surface area contributed by atoms with Crippen molar-refractivity contribution in [2.24, 2.45) is 4.99 Å². The molecule has 1 unspecified atom stereocenters. The summed E-state index contributed by atoms with van der Waals surface area (Å²) in [6.07, 6.45) is 0.805. The molecule has 2 heterocycles. The van der Waals surface area contributed by atoms with Crippen LogP contribution in [0.15, 0.2) is 59.7 Å². The normalized spacial score (nSPS) is 14.4. The van der Waals surface area contributed by atoms with Crippen LogP contribution in [-0.2, 0) is 4.79 Å². The summed E-state index contributed by atoms with van der Waals surface area (Å²) in [5.41, 5.74) is 4.54. The topological polar surface area (TPSA) is 112 Å². The van der Waals surface area contributed by atoms with Crippen molar-refractivity contribution in [3.05, 3.63) is 82.9 Å². The van der Waals surface area contributed by atoms with Crippen molar-refractivity contribution in [2.45, 2.75) is 20.1 Å². The number of imidazole rings is 1. The fourth-order valence-corrected chi connectivity index (χ4v) is 2.97. The molecule has 1 aliphatic heterocycles. The Labute approximate surface area is 161 Å². The maximum absolute atomic E-state index is 10.5. The van der Waals surface area contributed by atoms with Gasteiger partial charge in [-0.05, 0) is 25.1 Å². The number of aliphatic carboxylic acids is 1. The van der Waals surface area contributed by atoms with Crippen LogP contribution in [0.3, 0.4) is 0 Å². The number of carbonyl (C=O) groups is 1. The van der Waals surface area contributed by atoms with Gasteiger partial charge in [0.25, 0.3) is 5.97 Å². The molecular weight excluding hydrogens is 356 g/mol. The molecule has 7 nitrogen and oxygen atoms in total. The first kappa shape index (κ1) is 19.0. The van der Waals surface area contributed by atoms with Gasteiger partial charge in [0.1, 0.15) is 0 Å². The predicted octanol–water partition coefficient (Wildman–Crippen LogP) is 2.99. The van der Waals surface area contributed by atoms with Crippen LogP contribution in [0.5, 0.6) is 0 Å². The van der Waals surface area contributed by atoms with Crippen LogP contribution in [0.1, 0.15) is 41.4 Å². The van der Waals surface area contributed by atoms with E-state index < -0.39 is 12.2 Å². The lowest BCUT2D eigenvalue weighted by Crippen LogP contribution is -2.07. The third-order valence-corrected chi connectivity index (χ3v) is 4.02. The number of aliphatic hydroxyl groups is 1. The molecule has 140 valence electrons. The zero-order chi connectivity index (χ0) is 20.3. The van der Waals surface area contributed by atoms with E-state index in [9.17, 15) is 10.4 Å². The number of carboxylic acids is 1. The summed E-state index contributed by atoms with van der Waals surface area (Å²) in [5.74, 6) is -0.357. The Morgan fingerprint density at radius 2 is 1.89 bits per heavy atom. The van der Waals surface area contributed by atoms with Gasteiger partial charge < -0.3 is 10.2 Å². The lowest BCUT2D eigenvalue weighted by molar-refractivity contribution is -0.134. The van der Waals surface area contributed by atoms with Gasteiger partial charge in [-0.1, -0.05) is 30.3 Å². The molecule has 2 N–H and O–H groups in total. The average Bonchev–Trinajstić information content (AvgIpc) is 3.03. The first-order valence-corrected chi connectivity index (χ1v) is 8.52. The van der Waals surface area contributed by atoms with Crippen molar-refractivity contribution in [1.29, 1.82) is 5.26 Å². The zero-order valence-corrected chi connectivity index (χ0v) is 15.4. The quantitative estimate of drug-likeness (QED) is 0.680. The maximum atomic E-state index is 10.5. The van der Waals surface area contributed by atoms with E-state index >= 15 is 0 Å². The molecule has 1 aliphatic rings. The minimum Gasteiger partial charge on any atom is -0.481 e. The van der Waals surface area contributed by atoms with Crippen molar-refractivity contribution < 1.29 is 15.0 Å². The molecule has 0 amide bonds. The summed E-state index contributed by atoms with van der Waals surface area (Å²) >= 11 is 0. The Morgan fingerprint density at radius 1 is 1.21 bits per heavy atom. The number of hydrogen-bond acceptors (Lipinski definition) is 5. The number of rotatable bonds is 1. The van der Waals surface area contributed by atoms with Crippen molar-refractivity contribution in [1.82, 2.24) is 9.55 Å². The summed E-state index contributed by atoms with van der Waals surface area (Å²) in [4.78, 5) is 17.9. The largest absolute Gasteiger partial charge is 0.481 e. The molecule has 0 saturated heterocycles. The van der Waals surface area contributed by atoms with Crippen LogP contribution >= 0.6 is 0 Å². The predicted molar refractivity (Wildman–Crippen MR) is 103 cm³/mol. The molecule has 0 spiro atoms. The Hall–Kier alpha value is -3.76. The average molecular weight is 374 g/mol. The molecule has 2 aromatic carbocycles. The molecule has 3 aromatic rings. The molecule has 0 fully saturated rings. The monoisotopic (exact) mass is 374 g/mol. The Morgan fingerprint density at radius 3 is 2.54 bits per heavy atom. The van der Waals surface area contributed by atoms with Crippen molar-refractivity contribution >= 4 is 11.7 Å². The Balaban J connectivity index is 0.000000516. The number of aliphatic hydroxyl groups excluding tert-OH is 1. The number of nitrogens with zero attached hydrogens (tertiary/aromatic N) is 4. The fraction of sp³-hybridized carbons (Fsp3) is 0.143. The minimum absolute atomic E-state index is 0.476. The van der Waals surface area contributed by atoms with E-state index in [1.54, 1.807) is 12.1 Å². The molecule has 0 radical (unpaired) electrons. The van der Waals surface area contributed by atoms with E-state index in [-0.39, 0.29) is 0 Å². The van der Waals surface area contributed by atoms with Gasteiger partial charge in [0.05, 0.1) is 28.7 Å². The highest BCUT2D eigenvalue weighted by molar-refractivity contribution is 6.15. The third-order valence-electron chi connectivity index (χ3n) is 4.02. The van der Waals surface area contributed by atoms with Gasteiger partial charge in [-0.3, -0.25) is 9.36 Å². The van der Waals surface area contributed by atoms with E-state index in [0.29, 0.717) is 17.1 Å². The second-order valence-corrected chi connectivity index (χ2v) is 6.19. The number of nitriles is 1. The van der Waals surface area contributed by atoms with Crippen LogP contribution in [0, 0.1) is 18.3 Å². The molecule has 4 rings (SSSR count). The van der Waals surface area contributed by atoms with Crippen molar-refractivity contribution in [2.75, 3.05) is 0 Å². The molecule has 1 atom stereocenters. The van der Waals surface area contributed by atoms with Gasteiger partial charge in [-0.25, -0.2) is 9.98 Å². The molecule has 0 bridgehead atoms. The van der Waals surface area contributed by atoms with Crippen LogP contribution in [-0.4, -0.2) is 31.4 Å². The minimum atomic E-state index is -1.06. The fourth-order valence-electron chi connectivity index (χ4n) is 2.97. The second kappa shape index (κ2) is 7.86. The number of benzene rings is 2. The van der Waals surface area contributed by atoms with Crippen molar-refractivity contribution in [3.8, 4) is 11.8 Å². The van der Waals surface area contributed by atoms with E-state index in [1.807, 2.05) is 54.1 Å². The van der Waals surface area contributed by atoms with E-state index in [0.717, 1.165) is 29.4 Å². The standard InChI is InChI=1S/C19H14N4O.C2H4O2/c1-12-11-23-16-8-7-13(10-20)9-15(16)17(14-5-3-2-4-6-14)22-19(24)18(23)21-12;1-2(3)4/h2-9,11,19,24H,1H3;1H3,(H,3,4). The highest BCUT2D eigenvalue weighted by Crippen LogP contribution is 2.30. The summed E-state index contributed by atoms with van der Waals surface area (Å²) in [5, 5.41) is 27.2. The Bertz CT molecular complexity index is 1090. The molecule has 0 aliphatic carbocycles. The first-order chi connectivity index (χ1) is 13.4. The summed E-state index contributed by atoms with van der Waals surface area (Å²) in [7, 11) is 0. The number of aromatic nitrogens is 2. The van der Waals surface area contributed by atoms with Gasteiger partial charge >= 0.3 is 0 Å². The van der Waals surface area contributed by atoms with E-state index in [2.05, 4.69) is 16.0 Å².